The number of carbonyl (C=O) groups excluding carboxylic acids is 1. The molecule has 8 nitrogen and oxygen atoms in total. The first-order chi connectivity index (χ1) is 11.1. The van der Waals surface area contributed by atoms with Crippen molar-refractivity contribution in [1.82, 2.24) is 14.7 Å². The molecule has 0 bridgehead atoms. The first kappa shape index (κ1) is 15.8. The minimum atomic E-state index is -4.00. The molecule has 0 aromatic carbocycles. The minimum absolute atomic E-state index is 0.155. The maximum atomic E-state index is 12.2. The highest BCUT2D eigenvalue weighted by Crippen LogP contribution is 2.13. The molecule has 0 radical (unpaired) electrons. The minimum Gasteiger partial charge on any atom is -0.378 e. The van der Waals surface area contributed by atoms with Crippen molar-refractivity contribution in [3.63, 3.8) is 0 Å². The van der Waals surface area contributed by atoms with Gasteiger partial charge in [0, 0.05) is 18.5 Å². The number of sulfonamides is 1. The fourth-order valence-electron chi connectivity index (χ4n) is 2.01. The smallest absolute Gasteiger partial charge is 0.267 e. The van der Waals surface area contributed by atoms with Crippen LogP contribution in [0.4, 0.5) is 5.95 Å². The van der Waals surface area contributed by atoms with Crippen molar-refractivity contribution in [2.75, 3.05) is 31.2 Å². The third-order valence-electron chi connectivity index (χ3n) is 3.23. The van der Waals surface area contributed by atoms with Gasteiger partial charge in [0.1, 0.15) is 4.90 Å². The Morgan fingerprint density at radius 1 is 1.26 bits per heavy atom. The summed E-state index contributed by atoms with van der Waals surface area (Å²) >= 11 is 1.31. The van der Waals surface area contributed by atoms with Gasteiger partial charge in [0.2, 0.25) is 5.95 Å². The molecule has 2 aromatic heterocycles. The van der Waals surface area contributed by atoms with Crippen molar-refractivity contribution in [1.29, 1.82) is 0 Å². The van der Waals surface area contributed by atoms with Gasteiger partial charge in [0.15, 0.2) is 0 Å². The van der Waals surface area contributed by atoms with E-state index < -0.39 is 15.9 Å². The molecule has 1 N–H and O–H groups in total. The van der Waals surface area contributed by atoms with Crippen molar-refractivity contribution in [3.8, 4) is 0 Å². The van der Waals surface area contributed by atoms with E-state index in [1.165, 1.54) is 23.7 Å². The van der Waals surface area contributed by atoms with Crippen LogP contribution in [0.15, 0.2) is 34.1 Å². The Hall–Kier alpha value is -2.04. The van der Waals surface area contributed by atoms with Gasteiger partial charge in [-0.1, -0.05) is 0 Å². The average molecular weight is 354 g/mol. The second-order valence-corrected chi connectivity index (χ2v) is 7.23. The fourth-order valence-corrected chi connectivity index (χ4v) is 3.51. The van der Waals surface area contributed by atoms with E-state index in [0.29, 0.717) is 37.8 Å². The molecule has 1 amide bonds. The highest BCUT2D eigenvalue weighted by atomic mass is 32.2. The van der Waals surface area contributed by atoms with E-state index in [1.54, 1.807) is 16.8 Å². The predicted octanol–water partition coefficient (Wildman–Crippen LogP) is 0.493. The zero-order chi connectivity index (χ0) is 16.3. The van der Waals surface area contributed by atoms with Gasteiger partial charge in [-0.05, 0) is 11.4 Å². The van der Waals surface area contributed by atoms with Crippen LogP contribution in [0.5, 0.6) is 0 Å². The van der Waals surface area contributed by atoms with Crippen LogP contribution in [-0.2, 0) is 14.8 Å². The number of thiophene rings is 1. The third kappa shape index (κ3) is 3.66. The Morgan fingerprint density at radius 2 is 1.96 bits per heavy atom. The topological polar surface area (TPSA) is 101 Å². The summed E-state index contributed by atoms with van der Waals surface area (Å²) in [5.41, 5.74) is 0.296. The molecular weight excluding hydrogens is 340 g/mol. The Morgan fingerprint density at radius 3 is 2.57 bits per heavy atom. The molecule has 1 fully saturated rings. The maximum absolute atomic E-state index is 12.2. The number of hydrogen-bond donors (Lipinski definition) is 1. The van der Waals surface area contributed by atoms with Crippen molar-refractivity contribution in [2.45, 2.75) is 4.90 Å². The summed E-state index contributed by atoms with van der Waals surface area (Å²) in [6.45, 7) is 2.47. The van der Waals surface area contributed by atoms with Gasteiger partial charge < -0.3 is 9.64 Å². The number of ether oxygens (including phenoxy) is 1. The van der Waals surface area contributed by atoms with Crippen LogP contribution in [0.3, 0.4) is 0 Å². The van der Waals surface area contributed by atoms with E-state index >= 15 is 0 Å². The van der Waals surface area contributed by atoms with Crippen molar-refractivity contribution >= 4 is 33.2 Å². The van der Waals surface area contributed by atoms with Gasteiger partial charge in [-0.2, -0.15) is 11.3 Å². The summed E-state index contributed by atoms with van der Waals surface area (Å²) in [5, 5.41) is 3.27. The molecule has 0 saturated carbocycles. The molecular formula is C13H14N4O4S2. The van der Waals surface area contributed by atoms with Crippen LogP contribution >= 0.6 is 11.3 Å². The number of aromatic nitrogens is 2. The number of morpholine rings is 1. The molecule has 1 aliphatic rings. The number of nitrogens with one attached hydrogen (secondary N) is 1. The predicted molar refractivity (Wildman–Crippen MR) is 84.0 cm³/mol. The number of rotatable bonds is 4. The van der Waals surface area contributed by atoms with E-state index in [2.05, 4.69) is 9.97 Å². The van der Waals surface area contributed by atoms with Crippen LogP contribution in [0.2, 0.25) is 0 Å². The highest BCUT2D eigenvalue weighted by molar-refractivity contribution is 7.90. The fraction of sp³-hybridized carbons (Fsp3) is 0.308. The van der Waals surface area contributed by atoms with Gasteiger partial charge >= 0.3 is 0 Å². The molecule has 122 valence electrons. The molecule has 0 spiro atoms. The third-order valence-corrected chi connectivity index (χ3v) is 5.20. The molecule has 0 unspecified atom stereocenters. The standard InChI is InChI=1S/C13H14N4O4S2/c18-12(10-1-6-22-9-10)16-23(19,20)11-7-14-13(15-8-11)17-2-4-21-5-3-17/h1,6-9H,2-5H2,(H,16,18). The summed E-state index contributed by atoms with van der Waals surface area (Å²) in [6.07, 6.45) is 2.39. The van der Waals surface area contributed by atoms with Crippen LogP contribution in [-0.4, -0.2) is 50.6 Å². The zero-order valence-corrected chi connectivity index (χ0v) is 13.6. The van der Waals surface area contributed by atoms with Gasteiger partial charge in [0.25, 0.3) is 15.9 Å². The van der Waals surface area contributed by atoms with Crippen molar-refractivity contribution < 1.29 is 17.9 Å². The first-order valence-electron chi connectivity index (χ1n) is 6.80. The number of carbonyl (C=O) groups is 1. The number of amides is 1. The Balaban J connectivity index is 1.73. The van der Waals surface area contributed by atoms with Crippen LogP contribution in [0, 0.1) is 0 Å². The lowest BCUT2D eigenvalue weighted by molar-refractivity contribution is 0.0982. The molecule has 2 aromatic rings. The molecule has 1 saturated heterocycles. The molecule has 3 heterocycles. The zero-order valence-electron chi connectivity index (χ0n) is 12.0. The summed E-state index contributed by atoms with van der Waals surface area (Å²) in [5.74, 6) is -0.236. The van der Waals surface area contributed by atoms with Gasteiger partial charge in [0.05, 0.1) is 31.2 Å². The van der Waals surface area contributed by atoms with E-state index in [0.717, 1.165) is 0 Å². The number of anilines is 1. The molecule has 10 heteroatoms. The summed E-state index contributed by atoms with van der Waals surface area (Å²) < 4.78 is 31.6. The Kier molecular flexibility index (Phi) is 4.55. The molecule has 3 rings (SSSR count). The molecule has 23 heavy (non-hydrogen) atoms. The monoisotopic (exact) mass is 354 g/mol. The van der Waals surface area contributed by atoms with Crippen molar-refractivity contribution in [3.05, 3.63) is 34.8 Å². The van der Waals surface area contributed by atoms with Crippen LogP contribution in [0.25, 0.3) is 0 Å². The van der Waals surface area contributed by atoms with E-state index in [9.17, 15) is 13.2 Å². The Labute approximate surface area is 137 Å². The van der Waals surface area contributed by atoms with Crippen LogP contribution < -0.4 is 9.62 Å². The summed E-state index contributed by atoms with van der Waals surface area (Å²) in [4.78, 5) is 21.8. The second kappa shape index (κ2) is 6.60. The molecule has 0 aliphatic carbocycles. The van der Waals surface area contributed by atoms with E-state index in [4.69, 9.17) is 4.74 Å². The SMILES string of the molecule is O=C(NS(=O)(=O)c1cnc(N2CCOCC2)nc1)c1ccsc1. The first-order valence-corrected chi connectivity index (χ1v) is 9.23. The van der Waals surface area contributed by atoms with Gasteiger partial charge in [-0.15, -0.1) is 0 Å². The lowest BCUT2D eigenvalue weighted by atomic mass is 10.3. The van der Waals surface area contributed by atoms with E-state index in [-0.39, 0.29) is 4.90 Å². The quantitative estimate of drug-likeness (QED) is 0.853. The van der Waals surface area contributed by atoms with Crippen LogP contribution in [0.1, 0.15) is 10.4 Å². The normalized spacial score (nSPS) is 15.4. The van der Waals surface area contributed by atoms with Crippen molar-refractivity contribution in [2.24, 2.45) is 0 Å². The molecule has 1 aliphatic heterocycles. The highest BCUT2D eigenvalue weighted by Gasteiger charge is 2.21. The second-order valence-electron chi connectivity index (χ2n) is 4.76. The summed E-state index contributed by atoms with van der Waals surface area (Å²) in [6, 6.07) is 1.55. The van der Waals surface area contributed by atoms with Gasteiger partial charge in [-0.25, -0.2) is 23.1 Å². The average Bonchev–Trinajstić information content (AvgIpc) is 3.10. The lowest BCUT2D eigenvalue weighted by Crippen LogP contribution is -2.37. The van der Waals surface area contributed by atoms with E-state index in [1.807, 2.05) is 9.62 Å². The Bertz CT molecular complexity index is 769. The largest absolute Gasteiger partial charge is 0.378 e. The number of hydrogen-bond acceptors (Lipinski definition) is 8. The lowest BCUT2D eigenvalue weighted by Gasteiger charge is -2.26. The number of nitrogens with zero attached hydrogens (tertiary/aromatic N) is 3. The van der Waals surface area contributed by atoms with Gasteiger partial charge in [-0.3, -0.25) is 4.79 Å². The molecule has 0 atom stereocenters. The maximum Gasteiger partial charge on any atom is 0.267 e. The summed E-state index contributed by atoms with van der Waals surface area (Å²) in [7, 11) is -4.00.